The predicted molar refractivity (Wildman–Crippen MR) is 85.4 cm³/mol. The lowest BCUT2D eigenvalue weighted by atomic mass is 9.66. The Balaban J connectivity index is 1.97. The van der Waals surface area contributed by atoms with E-state index in [0.717, 1.165) is 0 Å². The molecule has 0 amide bonds. The SMILES string of the molecule is Cc1c(C(F)(F)F)c(B2OCCCO2)c2nonc2c1B1OCCCO1. The van der Waals surface area contributed by atoms with Gasteiger partial charge in [0.05, 0.1) is 5.56 Å². The second kappa shape index (κ2) is 6.84. The number of nitrogens with zero attached hydrogens (tertiary/aromatic N) is 2. The van der Waals surface area contributed by atoms with Gasteiger partial charge in [0.1, 0.15) is 11.0 Å². The molecular formula is C14H15B2F3N2O5. The molecule has 138 valence electrons. The molecule has 7 nitrogen and oxygen atoms in total. The quantitative estimate of drug-likeness (QED) is 0.725. The van der Waals surface area contributed by atoms with E-state index in [-0.39, 0.29) is 27.5 Å². The molecule has 0 radical (unpaired) electrons. The van der Waals surface area contributed by atoms with Gasteiger partial charge >= 0.3 is 20.4 Å². The molecule has 0 aliphatic carbocycles. The summed E-state index contributed by atoms with van der Waals surface area (Å²) < 4.78 is 68.6. The first kappa shape index (κ1) is 17.8. The number of fused-ring (bicyclic) bond motifs is 1. The van der Waals surface area contributed by atoms with Crippen LogP contribution in [0.15, 0.2) is 4.63 Å². The van der Waals surface area contributed by atoms with Crippen LogP contribution in [0, 0.1) is 6.92 Å². The fourth-order valence-electron chi connectivity index (χ4n) is 3.37. The van der Waals surface area contributed by atoms with Gasteiger partial charge in [-0.05, 0) is 25.3 Å². The zero-order valence-corrected chi connectivity index (χ0v) is 14.0. The van der Waals surface area contributed by atoms with Crippen molar-refractivity contribution in [2.75, 3.05) is 26.4 Å². The second-order valence-corrected chi connectivity index (χ2v) is 6.14. The Morgan fingerprint density at radius 2 is 1.27 bits per heavy atom. The predicted octanol–water partition coefficient (Wildman–Crippen LogP) is 0.814. The summed E-state index contributed by atoms with van der Waals surface area (Å²) in [5.41, 5.74) is -0.864. The maximum Gasteiger partial charge on any atom is 0.496 e. The summed E-state index contributed by atoms with van der Waals surface area (Å²) in [6.07, 6.45) is -3.37. The van der Waals surface area contributed by atoms with Crippen LogP contribution in [-0.4, -0.2) is 51.0 Å². The zero-order valence-electron chi connectivity index (χ0n) is 14.0. The highest BCUT2D eigenvalue weighted by Crippen LogP contribution is 2.33. The molecule has 2 saturated heterocycles. The van der Waals surface area contributed by atoms with Crippen LogP contribution in [0.25, 0.3) is 11.0 Å². The van der Waals surface area contributed by atoms with E-state index in [2.05, 4.69) is 10.3 Å². The topological polar surface area (TPSA) is 75.8 Å². The van der Waals surface area contributed by atoms with Crippen molar-refractivity contribution in [3.63, 3.8) is 0 Å². The molecule has 2 aliphatic rings. The number of aromatic nitrogens is 2. The highest BCUT2D eigenvalue weighted by atomic mass is 19.4. The fourth-order valence-corrected chi connectivity index (χ4v) is 3.37. The van der Waals surface area contributed by atoms with E-state index >= 15 is 0 Å². The first-order valence-electron chi connectivity index (χ1n) is 8.30. The third kappa shape index (κ3) is 3.00. The molecule has 2 aliphatic heterocycles. The van der Waals surface area contributed by atoms with Crippen molar-refractivity contribution in [3.8, 4) is 0 Å². The van der Waals surface area contributed by atoms with E-state index < -0.39 is 26.0 Å². The number of alkyl halides is 3. The van der Waals surface area contributed by atoms with Gasteiger partial charge < -0.3 is 18.6 Å². The van der Waals surface area contributed by atoms with Crippen LogP contribution in [0.1, 0.15) is 24.0 Å². The Morgan fingerprint density at radius 3 is 1.77 bits per heavy atom. The van der Waals surface area contributed by atoms with Gasteiger partial charge in [-0.1, -0.05) is 10.3 Å². The number of hydrogen-bond acceptors (Lipinski definition) is 7. The Morgan fingerprint density at radius 1 is 0.808 bits per heavy atom. The maximum atomic E-state index is 14.0. The summed E-state index contributed by atoms with van der Waals surface area (Å²) >= 11 is 0. The molecule has 0 N–H and O–H groups in total. The Hall–Kier alpha value is -1.62. The Labute approximate surface area is 147 Å². The van der Waals surface area contributed by atoms with Gasteiger partial charge in [0.2, 0.25) is 0 Å². The smallest absolute Gasteiger partial charge is 0.407 e. The zero-order chi connectivity index (χ0) is 18.3. The summed E-state index contributed by atoms with van der Waals surface area (Å²) in [5, 5.41) is 7.52. The summed E-state index contributed by atoms with van der Waals surface area (Å²) in [7, 11) is -2.14. The van der Waals surface area contributed by atoms with Gasteiger partial charge in [0.15, 0.2) is 0 Å². The molecule has 0 spiro atoms. The molecule has 0 bridgehead atoms. The summed E-state index contributed by atoms with van der Waals surface area (Å²) in [6.45, 7) is 2.72. The average Bonchev–Trinajstić information content (AvgIpc) is 3.10. The molecule has 2 fully saturated rings. The standard InChI is InChI=1S/C14H15B2F3N2O5/c1-8-9(14(17,18)19)11(16-24-6-3-7-25-16)13-12(20-26-21-13)10(8)15-22-4-2-5-23-15/h2-7H2,1H3. The number of benzene rings is 1. The molecule has 3 heterocycles. The molecule has 0 atom stereocenters. The molecule has 26 heavy (non-hydrogen) atoms. The maximum absolute atomic E-state index is 14.0. The summed E-state index contributed by atoms with van der Waals surface area (Å²) in [6, 6.07) is 0. The molecule has 1 aromatic heterocycles. The van der Waals surface area contributed by atoms with Crippen LogP contribution in [-0.2, 0) is 24.8 Å². The normalized spacial score (nSPS) is 19.4. The third-order valence-electron chi connectivity index (χ3n) is 4.46. The van der Waals surface area contributed by atoms with E-state index in [0.29, 0.717) is 39.3 Å². The lowest BCUT2D eigenvalue weighted by Crippen LogP contribution is -2.49. The average molecular weight is 370 g/mol. The van der Waals surface area contributed by atoms with Gasteiger partial charge in [-0.15, -0.1) is 0 Å². The van der Waals surface area contributed by atoms with Crippen LogP contribution in [0.3, 0.4) is 0 Å². The fraction of sp³-hybridized carbons (Fsp3) is 0.571. The minimum Gasteiger partial charge on any atom is -0.407 e. The first-order valence-corrected chi connectivity index (χ1v) is 8.30. The third-order valence-corrected chi connectivity index (χ3v) is 4.46. The summed E-state index contributed by atoms with van der Waals surface area (Å²) in [4.78, 5) is 0. The molecule has 12 heteroatoms. The molecule has 0 unspecified atom stereocenters. The van der Waals surface area contributed by atoms with Gasteiger partial charge in [0, 0.05) is 37.4 Å². The minimum atomic E-state index is -4.65. The van der Waals surface area contributed by atoms with Gasteiger partial charge in [-0.2, -0.15) is 13.2 Å². The lowest BCUT2D eigenvalue weighted by Gasteiger charge is -2.27. The van der Waals surface area contributed by atoms with Crippen molar-refractivity contribution in [1.29, 1.82) is 0 Å². The van der Waals surface area contributed by atoms with Crippen molar-refractivity contribution in [2.45, 2.75) is 25.9 Å². The van der Waals surface area contributed by atoms with Gasteiger partial charge in [-0.25, -0.2) is 4.63 Å². The number of halogens is 3. The molecular weight excluding hydrogens is 355 g/mol. The van der Waals surface area contributed by atoms with Crippen molar-refractivity contribution in [2.24, 2.45) is 0 Å². The van der Waals surface area contributed by atoms with Crippen molar-refractivity contribution < 1.29 is 36.4 Å². The summed E-state index contributed by atoms with van der Waals surface area (Å²) in [5.74, 6) is 0. The molecule has 2 aromatic rings. The highest BCUT2D eigenvalue weighted by Gasteiger charge is 2.46. The first-order chi connectivity index (χ1) is 12.5. The lowest BCUT2D eigenvalue weighted by molar-refractivity contribution is -0.137. The minimum absolute atomic E-state index is 0.0531. The Kier molecular flexibility index (Phi) is 4.68. The van der Waals surface area contributed by atoms with Crippen molar-refractivity contribution in [3.05, 3.63) is 11.1 Å². The van der Waals surface area contributed by atoms with Crippen LogP contribution >= 0.6 is 0 Å². The molecule has 1 aromatic carbocycles. The Bertz CT molecular complexity index is 804. The van der Waals surface area contributed by atoms with E-state index in [4.69, 9.17) is 23.2 Å². The van der Waals surface area contributed by atoms with Gasteiger partial charge in [-0.3, -0.25) is 0 Å². The largest absolute Gasteiger partial charge is 0.496 e. The number of hydrogen-bond donors (Lipinski definition) is 0. The van der Waals surface area contributed by atoms with Crippen LogP contribution < -0.4 is 10.9 Å². The van der Waals surface area contributed by atoms with Crippen molar-refractivity contribution >= 4 is 36.2 Å². The van der Waals surface area contributed by atoms with Gasteiger partial charge in [0.25, 0.3) is 0 Å². The number of rotatable bonds is 2. The highest BCUT2D eigenvalue weighted by molar-refractivity contribution is 6.69. The van der Waals surface area contributed by atoms with Crippen LogP contribution in [0.4, 0.5) is 13.2 Å². The van der Waals surface area contributed by atoms with Crippen molar-refractivity contribution in [1.82, 2.24) is 10.3 Å². The molecule has 4 rings (SSSR count). The van der Waals surface area contributed by atoms with Crippen LogP contribution in [0.5, 0.6) is 0 Å². The van der Waals surface area contributed by atoms with E-state index in [9.17, 15) is 13.2 Å². The molecule has 0 saturated carbocycles. The second-order valence-electron chi connectivity index (χ2n) is 6.14. The van der Waals surface area contributed by atoms with E-state index in [1.165, 1.54) is 6.92 Å². The van der Waals surface area contributed by atoms with E-state index in [1.54, 1.807) is 0 Å². The van der Waals surface area contributed by atoms with Crippen LogP contribution in [0.2, 0.25) is 0 Å². The monoisotopic (exact) mass is 370 g/mol. The van der Waals surface area contributed by atoms with E-state index in [1.807, 2.05) is 0 Å².